The number of rotatable bonds is 7. The van der Waals surface area contributed by atoms with Crippen LogP contribution in [0.2, 0.25) is 0 Å². The number of thiophene rings is 1. The topological polar surface area (TPSA) is 38.7 Å². The molecule has 3 nitrogen and oxygen atoms in total. The lowest BCUT2D eigenvalue weighted by Gasteiger charge is -2.20. The van der Waals surface area contributed by atoms with Crippen LogP contribution in [0.4, 0.5) is 0 Å². The highest BCUT2D eigenvalue weighted by Crippen LogP contribution is 2.41. The van der Waals surface area contributed by atoms with Crippen molar-refractivity contribution < 1.29 is 0 Å². The molecule has 3 aromatic heterocycles. The minimum absolute atomic E-state index is 0.639. The van der Waals surface area contributed by atoms with Crippen LogP contribution in [0.1, 0.15) is 69.7 Å². The largest absolute Gasteiger partial charge is 0.242 e. The van der Waals surface area contributed by atoms with Crippen LogP contribution < -0.4 is 0 Å². The van der Waals surface area contributed by atoms with Crippen LogP contribution in [-0.2, 0) is 19.3 Å². The fourth-order valence-corrected chi connectivity index (χ4v) is 6.35. The van der Waals surface area contributed by atoms with Gasteiger partial charge in [0.1, 0.15) is 16.2 Å². The minimum atomic E-state index is 0.639. The normalized spacial score (nSPS) is 14.4. The molecule has 0 atom stereocenters. The summed E-state index contributed by atoms with van der Waals surface area (Å²) in [5.74, 6) is 1.78. The van der Waals surface area contributed by atoms with E-state index in [1.54, 1.807) is 6.33 Å². The van der Waals surface area contributed by atoms with Gasteiger partial charge in [-0.1, -0.05) is 33.6 Å². The Morgan fingerprint density at radius 3 is 2.70 bits per heavy atom. The van der Waals surface area contributed by atoms with Crippen LogP contribution in [0.5, 0.6) is 0 Å². The van der Waals surface area contributed by atoms with E-state index in [9.17, 15) is 0 Å². The molecule has 0 saturated carbocycles. The van der Waals surface area contributed by atoms with Gasteiger partial charge in [-0.3, -0.25) is 0 Å². The van der Waals surface area contributed by atoms with Crippen molar-refractivity contribution in [1.29, 1.82) is 0 Å². The number of fused-ring (bicyclic) bond motifs is 5. The van der Waals surface area contributed by atoms with E-state index in [4.69, 9.17) is 9.97 Å². The maximum Gasteiger partial charge on any atom is 0.126 e. The first-order valence-corrected chi connectivity index (χ1v) is 12.2. The average Bonchev–Trinajstić information content (AvgIpc) is 3.04. The molecule has 0 saturated heterocycles. The molecule has 0 aliphatic heterocycles. The number of aromatic nitrogens is 3. The van der Waals surface area contributed by atoms with Gasteiger partial charge in [-0.05, 0) is 61.3 Å². The van der Waals surface area contributed by atoms with Crippen LogP contribution in [-0.4, -0.2) is 20.7 Å². The van der Waals surface area contributed by atoms with Crippen molar-refractivity contribution >= 4 is 43.5 Å². The van der Waals surface area contributed by atoms with Crippen LogP contribution in [0.25, 0.3) is 20.4 Å². The molecule has 5 heteroatoms. The molecule has 3 aromatic rings. The average molecular weight is 400 g/mol. The molecule has 1 aliphatic rings. The first-order chi connectivity index (χ1) is 13.2. The highest BCUT2D eigenvalue weighted by molar-refractivity contribution is 7.99. The summed E-state index contributed by atoms with van der Waals surface area (Å²) in [4.78, 5) is 15.7. The Balaban J connectivity index is 1.83. The van der Waals surface area contributed by atoms with Gasteiger partial charge < -0.3 is 0 Å². The summed E-state index contributed by atoms with van der Waals surface area (Å²) < 4.78 is 1.25. The molecular formula is C22H29N3S2. The molecule has 0 amide bonds. The van der Waals surface area contributed by atoms with Crippen LogP contribution >= 0.6 is 23.1 Å². The van der Waals surface area contributed by atoms with Crippen molar-refractivity contribution in [2.24, 2.45) is 5.92 Å². The Bertz CT molecular complexity index is 946. The quantitative estimate of drug-likeness (QED) is 0.255. The first-order valence-electron chi connectivity index (χ1n) is 10.4. The second-order valence-electron chi connectivity index (χ2n) is 8.02. The molecule has 144 valence electrons. The Morgan fingerprint density at radius 2 is 1.93 bits per heavy atom. The minimum Gasteiger partial charge on any atom is -0.242 e. The predicted molar refractivity (Wildman–Crippen MR) is 118 cm³/mol. The number of unbranched alkanes of at least 4 members (excludes halogenated alkanes) is 2. The Kier molecular flexibility index (Phi) is 5.98. The summed E-state index contributed by atoms with van der Waals surface area (Å²) in [5, 5.41) is 2.48. The Hall–Kier alpha value is -1.20. The summed E-state index contributed by atoms with van der Waals surface area (Å²) in [6.45, 7) is 6.84. The molecule has 0 bridgehead atoms. The molecule has 27 heavy (non-hydrogen) atoms. The van der Waals surface area contributed by atoms with Crippen molar-refractivity contribution in [3.05, 3.63) is 23.1 Å². The van der Waals surface area contributed by atoms with Gasteiger partial charge >= 0.3 is 0 Å². The number of nitrogens with zero attached hydrogens (tertiary/aromatic N) is 3. The van der Waals surface area contributed by atoms with E-state index in [0.717, 1.165) is 22.7 Å². The lowest BCUT2D eigenvalue weighted by Crippen LogP contribution is -2.11. The Morgan fingerprint density at radius 1 is 1.11 bits per heavy atom. The Labute approximate surface area is 170 Å². The van der Waals surface area contributed by atoms with E-state index in [2.05, 4.69) is 25.8 Å². The van der Waals surface area contributed by atoms with Gasteiger partial charge in [0.2, 0.25) is 0 Å². The third kappa shape index (κ3) is 3.86. The van der Waals surface area contributed by atoms with Gasteiger partial charge in [-0.15, -0.1) is 23.1 Å². The van der Waals surface area contributed by atoms with E-state index >= 15 is 0 Å². The summed E-state index contributed by atoms with van der Waals surface area (Å²) in [6, 6.07) is 0. The fourth-order valence-electron chi connectivity index (χ4n) is 4.10. The van der Waals surface area contributed by atoms with E-state index in [-0.39, 0.29) is 0 Å². The van der Waals surface area contributed by atoms with Crippen molar-refractivity contribution in [3.63, 3.8) is 0 Å². The van der Waals surface area contributed by atoms with Crippen LogP contribution in [0.3, 0.4) is 0 Å². The summed E-state index contributed by atoms with van der Waals surface area (Å²) in [5.41, 5.74) is 5.54. The maximum atomic E-state index is 5.16. The van der Waals surface area contributed by atoms with Crippen molar-refractivity contribution in [2.45, 2.75) is 77.2 Å². The van der Waals surface area contributed by atoms with Crippen molar-refractivity contribution in [2.75, 3.05) is 5.75 Å². The smallest absolute Gasteiger partial charge is 0.126 e. The maximum absolute atomic E-state index is 5.16. The zero-order valence-corrected chi connectivity index (χ0v) is 18.3. The third-order valence-electron chi connectivity index (χ3n) is 5.36. The van der Waals surface area contributed by atoms with Crippen molar-refractivity contribution in [3.8, 4) is 0 Å². The number of thioether (sulfide) groups is 1. The summed E-state index contributed by atoms with van der Waals surface area (Å²) in [7, 11) is 0. The van der Waals surface area contributed by atoms with Gasteiger partial charge in [0.15, 0.2) is 0 Å². The number of hydrogen-bond donors (Lipinski definition) is 0. The lowest BCUT2D eigenvalue weighted by molar-refractivity contribution is 0.615. The SMILES string of the molecule is CCCCCSc1ncnc2c1sc1nc(CC(C)C)c3c(c12)CCCC3. The molecule has 0 radical (unpaired) electrons. The standard InChI is InChI=1S/C22H29N3S2/c1-4-5-8-11-26-22-20-19(23-13-24-22)18-16-10-7-6-9-15(16)17(12-14(2)3)25-21(18)27-20/h13-14H,4-12H2,1-3H3. The van der Waals surface area contributed by atoms with Gasteiger partial charge in [0.05, 0.1) is 10.2 Å². The zero-order valence-electron chi connectivity index (χ0n) is 16.7. The van der Waals surface area contributed by atoms with E-state index < -0.39 is 0 Å². The summed E-state index contributed by atoms with van der Waals surface area (Å²) in [6.07, 6.45) is 11.6. The van der Waals surface area contributed by atoms with Gasteiger partial charge in [-0.25, -0.2) is 15.0 Å². The highest BCUT2D eigenvalue weighted by atomic mass is 32.2. The van der Waals surface area contributed by atoms with Gasteiger partial charge in [0, 0.05) is 11.1 Å². The molecule has 0 fully saturated rings. The van der Waals surface area contributed by atoms with E-state index in [0.29, 0.717) is 5.92 Å². The van der Waals surface area contributed by atoms with Crippen LogP contribution in [0.15, 0.2) is 11.4 Å². The molecule has 4 rings (SSSR count). The van der Waals surface area contributed by atoms with Crippen molar-refractivity contribution in [1.82, 2.24) is 15.0 Å². The zero-order chi connectivity index (χ0) is 18.8. The number of pyridine rings is 1. The second-order valence-corrected chi connectivity index (χ2v) is 10.1. The summed E-state index contributed by atoms with van der Waals surface area (Å²) >= 11 is 3.70. The number of aryl methyl sites for hydroxylation is 1. The van der Waals surface area contributed by atoms with Crippen LogP contribution in [0, 0.1) is 5.92 Å². The molecular weight excluding hydrogens is 370 g/mol. The van der Waals surface area contributed by atoms with E-state index in [1.165, 1.54) is 76.7 Å². The molecule has 0 aromatic carbocycles. The highest BCUT2D eigenvalue weighted by Gasteiger charge is 2.23. The number of hydrogen-bond acceptors (Lipinski definition) is 5. The third-order valence-corrected chi connectivity index (χ3v) is 7.65. The fraction of sp³-hybridized carbons (Fsp3) is 0.591. The lowest BCUT2D eigenvalue weighted by atomic mass is 9.87. The van der Waals surface area contributed by atoms with E-state index in [1.807, 2.05) is 23.1 Å². The first kappa shape index (κ1) is 19.1. The second kappa shape index (κ2) is 8.44. The molecule has 1 aliphatic carbocycles. The molecule has 0 N–H and O–H groups in total. The van der Waals surface area contributed by atoms with Gasteiger partial charge in [0.25, 0.3) is 0 Å². The predicted octanol–water partition coefficient (Wildman–Crippen LogP) is 6.60. The van der Waals surface area contributed by atoms with Gasteiger partial charge in [-0.2, -0.15) is 0 Å². The molecule has 0 unspecified atom stereocenters. The monoisotopic (exact) mass is 399 g/mol. The molecule has 0 spiro atoms. The molecule has 3 heterocycles.